The van der Waals surface area contributed by atoms with Crippen LogP contribution in [0.5, 0.6) is 5.75 Å². The number of para-hydroxylation sites is 2. The molecule has 0 aliphatic carbocycles. The molecule has 0 radical (unpaired) electrons. The molecule has 0 spiro atoms. The number of hydrogen-bond acceptors (Lipinski definition) is 5. The first-order valence-electron chi connectivity index (χ1n) is 8.16. The Morgan fingerprint density at radius 1 is 1.33 bits per heavy atom. The fraction of sp³-hybridized carbons (Fsp3) is 0.471. The number of aryl methyl sites for hydroxylation is 1. The van der Waals surface area contributed by atoms with Crippen molar-refractivity contribution in [3.63, 3.8) is 0 Å². The van der Waals surface area contributed by atoms with Gasteiger partial charge in [0.2, 0.25) is 5.91 Å². The lowest BCUT2D eigenvalue weighted by atomic mass is 10.2. The highest BCUT2D eigenvalue weighted by Crippen LogP contribution is 2.36. The fourth-order valence-corrected chi connectivity index (χ4v) is 4.06. The highest BCUT2D eigenvalue weighted by molar-refractivity contribution is 8.00. The van der Waals surface area contributed by atoms with Crippen LogP contribution in [-0.2, 0) is 11.3 Å². The number of methoxy groups -OCH3 is 1. The summed E-state index contributed by atoms with van der Waals surface area (Å²) >= 11 is 1.52. The number of benzene rings is 1. The monoisotopic (exact) mass is 346 g/mol. The van der Waals surface area contributed by atoms with Crippen LogP contribution >= 0.6 is 11.8 Å². The summed E-state index contributed by atoms with van der Waals surface area (Å²) in [5.74, 6) is 1.72. The molecule has 2 heterocycles. The number of carbonyl (C=O) groups excluding carboxylic acids is 1. The van der Waals surface area contributed by atoms with E-state index in [1.54, 1.807) is 7.11 Å². The molecule has 7 heteroatoms. The summed E-state index contributed by atoms with van der Waals surface area (Å²) in [6, 6.07) is 7.63. The van der Waals surface area contributed by atoms with Gasteiger partial charge in [0.1, 0.15) is 11.6 Å². The van der Waals surface area contributed by atoms with E-state index < -0.39 is 0 Å². The molecule has 1 aromatic carbocycles. The molecule has 3 rings (SSSR count). The van der Waals surface area contributed by atoms with E-state index in [2.05, 4.69) is 21.7 Å². The molecule has 128 valence electrons. The number of nitrogens with zero attached hydrogens (tertiary/aromatic N) is 4. The van der Waals surface area contributed by atoms with E-state index >= 15 is 0 Å². The molecular weight excluding hydrogens is 324 g/mol. The second-order valence-electron chi connectivity index (χ2n) is 5.74. The molecule has 1 fully saturated rings. The van der Waals surface area contributed by atoms with Gasteiger partial charge in [-0.15, -0.1) is 10.2 Å². The zero-order valence-corrected chi connectivity index (χ0v) is 15.0. The molecule has 0 bridgehead atoms. The Morgan fingerprint density at radius 3 is 2.88 bits per heavy atom. The van der Waals surface area contributed by atoms with Crippen LogP contribution in [0.25, 0.3) is 0 Å². The second kappa shape index (κ2) is 7.25. The van der Waals surface area contributed by atoms with Crippen molar-refractivity contribution in [3.05, 3.63) is 30.1 Å². The average molecular weight is 346 g/mol. The first kappa shape index (κ1) is 16.8. The molecule has 0 saturated carbocycles. The average Bonchev–Trinajstić information content (AvgIpc) is 3.13. The number of aromatic nitrogens is 3. The molecule has 1 amide bonds. The third-order valence-electron chi connectivity index (χ3n) is 4.13. The smallest absolute Gasteiger partial charge is 0.240 e. The van der Waals surface area contributed by atoms with Crippen molar-refractivity contribution in [2.45, 2.75) is 43.6 Å². The lowest BCUT2D eigenvalue weighted by Crippen LogP contribution is -2.28. The van der Waals surface area contributed by atoms with Crippen molar-refractivity contribution in [3.8, 4) is 5.75 Å². The predicted molar refractivity (Wildman–Crippen MR) is 94.7 cm³/mol. The van der Waals surface area contributed by atoms with Gasteiger partial charge in [-0.3, -0.25) is 4.79 Å². The van der Waals surface area contributed by atoms with Gasteiger partial charge in [0, 0.05) is 13.1 Å². The van der Waals surface area contributed by atoms with E-state index in [4.69, 9.17) is 4.74 Å². The minimum atomic E-state index is -0.130. The van der Waals surface area contributed by atoms with E-state index in [1.807, 2.05) is 36.1 Å². The zero-order chi connectivity index (χ0) is 17.1. The number of hydrogen-bond donors (Lipinski definition) is 0. The van der Waals surface area contributed by atoms with E-state index in [0.717, 1.165) is 41.8 Å². The van der Waals surface area contributed by atoms with Crippen molar-refractivity contribution in [2.75, 3.05) is 18.6 Å². The van der Waals surface area contributed by atoms with Crippen LogP contribution in [-0.4, -0.2) is 39.6 Å². The van der Waals surface area contributed by atoms with Gasteiger partial charge in [-0.05, 0) is 31.9 Å². The van der Waals surface area contributed by atoms with Gasteiger partial charge in [0.05, 0.1) is 18.0 Å². The minimum absolute atomic E-state index is 0.105. The third-order valence-corrected chi connectivity index (χ3v) is 5.36. The number of carbonyl (C=O) groups is 1. The Balaban J connectivity index is 1.77. The standard InChI is InChI=1S/C17H22N4O2S/c1-4-10-20-12(2)18-19-17(20)24-15-9-11-21(16(15)22)13-7-5-6-8-14(13)23-3/h5-8,15H,4,9-11H2,1-3H3/t15-/m1/s1. The molecule has 24 heavy (non-hydrogen) atoms. The summed E-state index contributed by atoms with van der Waals surface area (Å²) < 4.78 is 7.47. The van der Waals surface area contributed by atoms with Gasteiger partial charge in [0.15, 0.2) is 5.16 Å². The van der Waals surface area contributed by atoms with Gasteiger partial charge >= 0.3 is 0 Å². The number of rotatable bonds is 6. The maximum absolute atomic E-state index is 12.8. The Labute approximate surface area is 146 Å². The number of amides is 1. The Bertz CT molecular complexity index is 731. The molecule has 1 aromatic heterocycles. The minimum Gasteiger partial charge on any atom is -0.495 e. The molecular formula is C17H22N4O2S. The Kier molecular flexibility index (Phi) is 5.08. The predicted octanol–water partition coefficient (Wildman–Crippen LogP) is 2.90. The highest BCUT2D eigenvalue weighted by atomic mass is 32.2. The molecule has 0 N–H and O–H groups in total. The maximum atomic E-state index is 12.8. The van der Waals surface area contributed by atoms with Crippen LogP contribution in [0.4, 0.5) is 5.69 Å². The van der Waals surface area contributed by atoms with Crippen molar-refractivity contribution >= 4 is 23.4 Å². The topological polar surface area (TPSA) is 60.3 Å². The molecule has 1 aliphatic heterocycles. The SMILES string of the molecule is CCCn1c(C)nnc1S[C@@H]1CCN(c2ccccc2OC)C1=O. The van der Waals surface area contributed by atoms with Gasteiger partial charge in [-0.25, -0.2) is 0 Å². The van der Waals surface area contributed by atoms with Crippen molar-refractivity contribution in [1.82, 2.24) is 14.8 Å². The first-order valence-corrected chi connectivity index (χ1v) is 9.04. The summed E-state index contributed by atoms with van der Waals surface area (Å²) in [5.41, 5.74) is 0.833. The highest BCUT2D eigenvalue weighted by Gasteiger charge is 2.35. The van der Waals surface area contributed by atoms with Crippen molar-refractivity contribution in [2.24, 2.45) is 0 Å². The molecule has 1 atom stereocenters. The Hall–Kier alpha value is -2.02. The van der Waals surface area contributed by atoms with Gasteiger partial charge in [0.25, 0.3) is 0 Å². The summed E-state index contributed by atoms with van der Waals surface area (Å²) in [5, 5.41) is 9.10. The second-order valence-corrected chi connectivity index (χ2v) is 6.91. The third kappa shape index (κ3) is 3.13. The first-order chi connectivity index (χ1) is 11.7. The Morgan fingerprint density at radius 2 is 2.12 bits per heavy atom. The van der Waals surface area contributed by atoms with Crippen LogP contribution in [0.15, 0.2) is 29.4 Å². The molecule has 1 saturated heterocycles. The quantitative estimate of drug-likeness (QED) is 0.805. The van der Waals surface area contributed by atoms with E-state index in [1.165, 1.54) is 11.8 Å². The van der Waals surface area contributed by atoms with Crippen LogP contribution in [0, 0.1) is 6.92 Å². The van der Waals surface area contributed by atoms with Gasteiger partial charge < -0.3 is 14.2 Å². The van der Waals surface area contributed by atoms with Crippen molar-refractivity contribution < 1.29 is 9.53 Å². The number of thioether (sulfide) groups is 1. The summed E-state index contributed by atoms with van der Waals surface area (Å²) in [4.78, 5) is 14.7. The maximum Gasteiger partial charge on any atom is 0.240 e. The van der Waals surface area contributed by atoms with Gasteiger partial charge in [-0.1, -0.05) is 30.8 Å². The fourth-order valence-electron chi connectivity index (χ4n) is 2.91. The lowest BCUT2D eigenvalue weighted by molar-refractivity contribution is -0.116. The number of anilines is 1. The number of ether oxygens (including phenoxy) is 1. The molecule has 2 aromatic rings. The van der Waals surface area contributed by atoms with Gasteiger partial charge in [-0.2, -0.15) is 0 Å². The van der Waals surface area contributed by atoms with E-state index in [0.29, 0.717) is 6.54 Å². The summed E-state index contributed by atoms with van der Waals surface area (Å²) in [6.45, 7) is 5.64. The van der Waals surface area contributed by atoms with Crippen molar-refractivity contribution in [1.29, 1.82) is 0 Å². The van der Waals surface area contributed by atoms with E-state index in [-0.39, 0.29) is 11.2 Å². The largest absolute Gasteiger partial charge is 0.495 e. The van der Waals surface area contributed by atoms with Crippen LogP contribution in [0.3, 0.4) is 0 Å². The van der Waals surface area contributed by atoms with Crippen LogP contribution in [0.1, 0.15) is 25.6 Å². The molecule has 0 unspecified atom stereocenters. The molecule has 1 aliphatic rings. The van der Waals surface area contributed by atoms with Crippen LogP contribution < -0.4 is 9.64 Å². The lowest BCUT2D eigenvalue weighted by Gasteiger charge is -2.19. The van der Waals surface area contributed by atoms with E-state index in [9.17, 15) is 4.79 Å². The molecule has 6 nitrogen and oxygen atoms in total. The normalized spacial score (nSPS) is 17.5. The van der Waals surface area contributed by atoms with Crippen LogP contribution in [0.2, 0.25) is 0 Å². The summed E-state index contributed by atoms with van der Waals surface area (Å²) in [6.07, 6.45) is 1.80. The summed E-state index contributed by atoms with van der Waals surface area (Å²) in [7, 11) is 1.63. The zero-order valence-electron chi connectivity index (χ0n) is 14.2.